The third-order valence-electron chi connectivity index (χ3n) is 4.60. The molecule has 0 spiro atoms. The Morgan fingerprint density at radius 1 is 1.04 bits per heavy atom. The zero-order chi connectivity index (χ0) is 19.8. The van der Waals surface area contributed by atoms with Gasteiger partial charge in [-0.3, -0.25) is 14.5 Å². The second kappa shape index (κ2) is 10.2. The summed E-state index contributed by atoms with van der Waals surface area (Å²) in [6.45, 7) is 3.69. The van der Waals surface area contributed by atoms with Crippen LogP contribution in [-0.4, -0.2) is 56.1 Å². The number of hydrogen-bond donors (Lipinski definition) is 2. The van der Waals surface area contributed by atoms with Crippen molar-refractivity contribution in [2.24, 2.45) is 0 Å². The fourth-order valence-electron chi connectivity index (χ4n) is 3.07. The maximum absolute atomic E-state index is 12.5. The van der Waals surface area contributed by atoms with Gasteiger partial charge in [-0.2, -0.15) is 0 Å². The summed E-state index contributed by atoms with van der Waals surface area (Å²) in [6.07, 6.45) is 0. The van der Waals surface area contributed by atoms with Crippen molar-refractivity contribution in [1.29, 1.82) is 0 Å². The highest BCUT2D eigenvalue weighted by Gasteiger charge is 2.20. The zero-order valence-corrected chi connectivity index (χ0v) is 16.3. The number of carbonyl (C=O) groups excluding carboxylic acids is 2. The van der Waals surface area contributed by atoms with Gasteiger partial charge in [-0.25, -0.2) is 0 Å². The smallest absolute Gasteiger partial charge is 0.251 e. The van der Waals surface area contributed by atoms with Crippen LogP contribution in [0.1, 0.15) is 22.0 Å². The molecule has 2 N–H and O–H groups in total. The Morgan fingerprint density at radius 2 is 1.71 bits per heavy atom. The number of morpholine rings is 1. The summed E-state index contributed by atoms with van der Waals surface area (Å²) in [5.41, 5.74) is 1.50. The van der Waals surface area contributed by atoms with Gasteiger partial charge in [0.25, 0.3) is 5.91 Å². The predicted molar refractivity (Wildman–Crippen MR) is 108 cm³/mol. The molecule has 0 aromatic heterocycles. The molecule has 148 valence electrons. The molecule has 7 heteroatoms. The number of nitrogens with zero attached hydrogens (tertiary/aromatic N) is 1. The molecule has 28 heavy (non-hydrogen) atoms. The fraction of sp³-hybridized carbons (Fsp3) is 0.333. The predicted octanol–water partition coefficient (Wildman–Crippen LogP) is 2.26. The molecule has 0 unspecified atom stereocenters. The van der Waals surface area contributed by atoms with Crippen molar-refractivity contribution < 1.29 is 14.3 Å². The Morgan fingerprint density at radius 3 is 2.39 bits per heavy atom. The number of amides is 2. The van der Waals surface area contributed by atoms with E-state index < -0.39 is 0 Å². The quantitative estimate of drug-likeness (QED) is 0.746. The van der Waals surface area contributed by atoms with Gasteiger partial charge in [0.15, 0.2) is 0 Å². The molecule has 0 saturated carbocycles. The second-order valence-corrected chi connectivity index (χ2v) is 7.07. The van der Waals surface area contributed by atoms with Gasteiger partial charge in [-0.1, -0.05) is 41.9 Å². The molecular weight excluding hydrogens is 378 g/mol. The van der Waals surface area contributed by atoms with Gasteiger partial charge >= 0.3 is 0 Å². The normalized spacial score (nSPS) is 15.6. The van der Waals surface area contributed by atoms with Crippen LogP contribution < -0.4 is 10.6 Å². The Balaban J connectivity index is 1.57. The van der Waals surface area contributed by atoms with Crippen LogP contribution in [0.4, 0.5) is 0 Å². The van der Waals surface area contributed by atoms with E-state index in [0.717, 1.165) is 18.7 Å². The summed E-state index contributed by atoms with van der Waals surface area (Å²) < 4.78 is 5.40. The summed E-state index contributed by atoms with van der Waals surface area (Å²) in [5, 5.41) is 6.25. The lowest BCUT2D eigenvalue weighted by atomic mass is 10.1. The number of carbonyl (C=O) groups is 2. The lowest BCUT2D eigenvalue weighted by Crippen LogP contribution is -2.45. The van der Waals surface area contributed by atoms with Gasteiger partial charge < -0.3 is 15.4 Å². The lowest BCUT2D eigenvalue weighted by Gasteiger charge is -2.31. The zero-order valence-electron chi connectivity index (χ0n) is 15.6. The van der Waals surface area contributed by atoms with Crippen molar-refractivity contribution in [2.75, 3.05) is 39.4 Å². The van der Waals surface area contributed by atoms with Crippen LogP contribution in [0.25, 0.3) is 0 Å². The van der Waals surface area contributed by atoms with Crippen molar-refractivity contribution in [3.05, 3.63) is 70.7 Å². The van der Waals surface area contributed by atoms with Crippen molar-refractivity contribution in [2.45, 2.75) is 6.04 Å². The number of hydrogen-bond acceptors (Lipinski definition) is 4. The van der Waals surface area contributed by atoms with Gasteiger partial charge in [0.1, 0.15) is 0 Å². The van der Waals surface area contributed by atoms with Crippen LogP contribution in [0, 0.1) is 0 Å². The molecule has 1 aliphatic rings. The van der Waals surface area contributed by atoms with Crippen molar-refractivity contribution in [3.8, 4) is 0 Å². The average Bonchev–Trinajstić information content (AvgIpc) is 2.73. The molecule has 2 aromatic rings. The summed E-state index contributed by atoms with van der Waals surface area (Å²) in [6, 6.07) is 16.2. The molecule has 2 amide bonds. The fourth-order valence-corrected chi connectivity index (χ4v) is 3.20. The highest BCUT2D eigenvalue weighted by molar-refractivity contribution is 6.30. The monoisotopic (exact) mass is 401 g/mol. The van der Waals surface area contributed by atoms with Gasteiger partial charge in [-0.15, -0.1) is 0 Å². The maximum atomic E-state index is 12.5. The van der Waals surface area contributed by atoms with Crippen molar-refractivity contribution in [1.82, 2.24) is 15.5 Å². The Kier molecular flexibility index (Phi) is 7.42. The molecule has 0 radical (unpaired) electrons. The van der Waals surface area contributed by atoms with E-state index in [1.807, 2.05) is 30.3 Å². The maximum Gasteiger partial charge on any atom is 0.251 e. The highest BCUT2D eigenvalue weighted by atomic mass is 35.5. The topological polar surface area (TPSA) is 70.7 Å². The molecule has 1 aliphatic heterocycles. The minimum atomic E-state index is -0.309. The Hall–Kier alpha value is -2.41. The highest BCUT2D eigenvalue weighted by Crippen LogP contribution is 2.15. The van der Waals surface area contributed by atoms with E-state index in [-0.39, 0.29) is 24.4 Å². The lowest BCUT2D eigenvalue weighted by molar-refractivity contribution is -0.121. The number of nitrogens with one attached hydrogen (secondary N) is 2. The van der Waals surface area contributed by atoms with E-state index in [2.05, 4.69) is 15.5 Å². The summed E-state index contributed by atoms with van der Waals surface area (Å²) in [4.78, 5) is 26.9. The first-order chi connectivity index (χ1) is 13.6. The minimum Gasteiger partial charge on any atom is -0.379 e. The van der Waals surface area contributed by atoms with Crippen LogP contribution in [-0.2, 0) is 9.53 Å². The van der Waals surface area contributed by atoms with Crippen LogP contribution in [0.15, 0.2) is 54.6 Å². The molecule has 3 rings (SSSR count). The second-order valence-electron chi connectivity index (χ2n) is 6.63. The van der Waals surface area contributed by atoms with E-state index >= 15 is 0 Å². The number of ether oxygens (including phenoxy) is 1. The molecule has 1 atom stereocenters. The molecule has 1 saturated heterocycles. The third kappa shape index (κ3) is 6.05. The summed E-state index contributed by atoms with van der Waals surface area (Å²) in [7, 11) is 0. The summed E-state index contributed by atoms with van der Waals surface area (Å²) >= 11 is 5.83. The van der Waals surface area contributed by atoms with E-state index in [9.17, 15) is 9.59 Å². The van der Waals surface area contributed by atoms with Gasteiger partial charge in [0.2, 0.25) is 5.91 Å². The average molecular weight is 402 g/mol. The molecular formula is C21H24ClN3O3. The van der Waals surface area contributed by atoms with E-state index in [1.165, 1.54) is 0 Å². The number of halogens is 1. The molecule has 1 fully saturated rings. The van der Waals surface area contributed by atoms with Crippen LogP contribution in [0.3, 0.4) is 0 Å². The SMILES string of the molecule is O=C(CNC(=O)c1ccc(Cl)cc1)N[C@H](CN1CCOCC1)c1ccccc1. The number of benzene rings is 2. The van der Waals surface area contributed by atoms with E-state index in [1.54, 1.807) is 24.3 Å². The molecule has 0 bridgehead atoms. The van der Waals surface area contributed by atoms with Gasteiger partial charge in [-0.05, 0) is 29.8 Å². The molecule has 1 heterocycles. The minimum absolute atomic E-state index is 0.0894. The molecule has 2 aromatic carbocycles. The standard InChI is InChI=1S/C21H24ClN3O3/c22-18-8-6-17(7-9-18)21(27)23-14-20(26)24-19(16-4-2-1-3-5-16)15-25-10-12-28-13-11-25/h1-9,19H,10-15H2,(H,23,27)(H,24,26)/t19-/m1/s1. The van der Waals surface area contributed by atoms with Crippen LogP contribution >= 0.6 is 11.6 Å². The van der Waals surface area contributed by atoms with Crippen LogP contribution in [0.5, 0.6) is 0 Å². The van der Waals surface area contributed by atoms with E-state index in [4.69, 9.17) is 16.3 Å². The Bertz CT molecular complexity index is 777. The molecule has 0 aliphatic carbocycles. The van der Waals surface area contributed by atoms with Gasteiger partial charge in [0, 0.05) is 30.2 Å². The Labute approximate surface area is 169 Å². The van der Waals surface area contributed by atoms with Gasteiger partial charge in [0.05, 0.1) is 25.8 Å². The summed E-state index contributed by atoms with van der Waals surface area (Å²) in [5.74, 6) is -0.541. The first-order valence-electron chi connectivity index (χ1n) is 9.30. The number of rotatable bonds is 7. The third-order valence-corrected chi connectivity index (χ3v) is 4.85. The van der Waals surface area contributed by atoms with Crippen LogP contribution in [0.2, 0.25) is 5.02 Å². The molecule has 6 nitrogen and oxygen atoms in total. The van der Waals surface area contributed by atoms with Crippen molar-refractivity contribution in [3.63, 3.8) is 0 Å². The first kappa shape index (κ1) is 20.3. The first-order valence-corrected chi connectivity index (χ1v) is 9.68. The van der Waals surface area contributed by atoms with Crippen molar-refractivity contribution >= 4 is 23.4 Å². The van der Waals surface area contributed by atoms with E-state index in [0.29, 0.717) is 30.3 Å². The largest absolute Gasteiger partial charge is 0.379 e.